The van der Waals surface area contributed by atoms with E-state index in [1.165, 1.54) is 4.57 Å². The molecule has 7 nitrogen and oxygen atoms in total. The van der Waals surface area contributed by atoms with E-state index in [1.54, 1.807) is 0 Å². The van der Waals surface area contributed by atoms with Crippen LogP contribution in [0.5, 0.6) is 0 Å². The Balaban J connectivity index is 2.26. The highest BCUT2D eigenvalue weighted by atomic mass is 16.3. The number of aromatic amines is 1. The number of H-pyrrole nitrogens is 1. The number of nitrogens with zero attached hydrogens (tertiary/aromatic N) is 1. The van der Waals surface area contributed by atoms with Crippen LogP contribution in [0.1, 0.15) is 32.6 Å². The molecule has 1 aromatic rings. The molecule has 0 aliphatic heterocycles. The number of aliphatic hydroxyl groups is 1. The van der Waals surface area contributed by atoms with Crippen LogP contribution in [0.25, 0.3) is 0 Å². The first-order chi connectivity index (χ1) is 8.97. The van der Waals surface area contributed by atoms with Gasteiger partial charge in [-0.2, -0.15) is 0 Å². The Morgan fingerprint density at radius 3 is 2.68 bits per heavy atom. The second-order valence-electron chi connectivity index (χ2n) is 5.10. The third-order valence-corrected chi connectivity index (χ3v) is 3.57. The van der Waals surface area contributed by atoms with E-state index in [1.807, 2.05) is 6.92 Å². The summed E-state index contributed by atoms with van der Waals surface area (Å²) in [6.45, 7) is 2.63. The van der Waals surface area contributed by atoms with Gasteiger partial charge in [0.25, 0.3) is 5.56 Å². The van der Waals surface area contributed by atoms with Crippen LogP contribution >= 0.6 is 0 Å². The number of rotatable bonds is 5. The minimum Gasteiger partial charge on any atom is -0.388 e. The van der Waals surface area contributed by atoms with Gasteiger partial charge in [0.05, 0.1) is 5.60 Å². The number of nitrogens with two attached hydrogens (primary N) is 1. The number of nitrogens with one attached hydrogen (secondary N) is 2. The molecule has 1 aromatic heterocycles. The Labute approximate surface area is 110 Å². The Morgan fingerprint density at radius 2 is 2.16 bits per heavy atom. The molecule has 2 rings (SSSR count). The molecule has 106 valence electrons. The van der Waals surface area contributed by atoms with Crippen LogP contribution in [0.4, 0.5) is 11.5 Å². The second kappa shape index (κ2) is 5.08. The van der Waals surface area contributed by atoms with E-state index in [0.29, 0.717) is 19.4 Å². The predicted octanol–water partition coefficient (Wildman–Crippen LogP) is -0.144. The van der Waals surface area contributed by atoms with E-state index in [4.69, 9.17) is 5.73 Å². The molecule has 0 saturated heterocycles. The zero-order valence-corrected chi connectivity index (χ0v) is 11.0. The average molecular weight is 268 g/mol. The number of aromatic nitrogens is 2. The van der Waals surface area contributed by atoms with Crippen molar-refractivity contribution in [2.45, 2.75) is 44.8 Å². The van der Waals surface area contributed by atoms with E-state index in [2.05, 4.69) is 10.3 Å². The minimum absolute atomic E-state index is 0.124. The molecular formula is C12H20N4O3. The van der Waals surface area contributed by atoms with Gasteiger partial charge in [0.1, 0.15) is 11.5 Å². The van der Waals surface area contributed by atoms with Crippen molar-refractivity contribution in [1.29, 1.82) is 0 Å². The Hall–Kier alpha value is -1.76. The van der Waals surface area contributed by atoms with Gasteiger partial charge in [-0.15, -0.1) is 0 Å². The van der Waals surface area contributed by atoms with Crippen molar-refractivity contribution < 1.29 is 5.11 Å². The topological polar surface area (TPSA) is 113 Å². The van der Waals surface area contributed by atoms with Crippen molar-refractivity contribution in [3.8, 4) is 0 Å². The van der Waals surface area contributed by atoms with Crippen LogP contribution < -0.4 is 22.3 Å². The second-order valence-corrected chi connectivity index (χ2v) is 5.10. The van der Waals surface area contributed by atoms with E-state index in [0.717, 1.165) is 12.8 Å². The molecular weight excluding hydrogens is 248 g/mol. The molecule has 1 aliphatic rings. The molecule has 19 heavy (non-hydrogen) atoms. The van der Waals surface area contributed by atoms with Gasteiger partial charge in [0.2, 0.25) is 0 Å². The molecule has 0 radical (unpaired) electrons. The molecule has 0 aromatic carbocycles. The van der Waals surface area contributed by atoms with Gasteiger partial charge < -0.3 is 16.2 Å². The number of hydrogen-bond donors (Lipinski definition) is 4. The van der Waals surface area contributed by atoms with E-state index in [9.17, 15) is 14.7 Å². The van der Waals surface area contributed by atoms with Crippen LogP contribution in [0.15, 0.2) is 9.59 Å². The van der Waals surface area contributed by atoms with Crippen molar-refractivity contribution >= 4 is 11.5 Å². The molecule has 0 unspecified atom stereocenters. The van der Waals surface area contributed by atoms with Crippen LogP contribution in [0, 0.1) is 0 Å². The van der Waals surface area contributed by atoms with Crippen molar-refractivity contribution in [3.63, 3.8) is 0 Å². The minimum atomic E-state index is -0.759. The fraction of sp³-hybridized carbons (Fsp3) is 0.667. The molecule has 1 aliphatic carbocycles. The molecule has 1 heterocycles. The fourth-order valence-corrected chi connectivity index (χ4v) is 2.22. The van der Waals surface area contributed by atoms with E-state index < -0.39 is 16.9 Å². The summed E-state index contributed by atoms with van der Waals surface area (Å²) in [6.07, 6.45) is 3.15. The highest BCUT2D eigenvalue weighted by Gasteiger charge is 2.34. The quantitative estimate of drug-likeness (QED) is 0.593. The van der Waals surface area contributed by atoms with Gasteiger partial charge >= 0.3 is 5.69 Å². The summed E-state index contributed by atoms with van der Waals surface area (Å²) in [7, 11) is 0. The summed E-state index contributed by atoms with van der Waals surface area (Å²) in [5, 5.41) is 12.9. The number of anilines is 2. The molecule has 1 fully saturated rings. The Morgan fingerprint density at radius 1 is 1.47 bits per heavy atom. The highest BCUT2D eigenvalue weighted by molar-refractivity contribution is 5.60. The van der Waals surface area contributed by atoms with Gasteiger partial charge in [0.15, 0.2) is 0 Å². The summed E-state index contributed by atoms with van der Waals surface area (Å²) >= 11 is 0. The third kappa shape index (κ3) is 2.65. The van der Waals surface area contributed by atoms with E-state index >= 15 is 0 Å². The van der Waals surface area contributed by atoms with Crippen molar-refractivity contribution in [2.75, 3.05) is 17.6 Å². The smallest absolute Gasteiger partial charge is 0.330 e. The molecule has 0 atom stereocenters. The van der Waals surface area contributed by atoms with Gasteiger partial charge in [-0.05, 0) is 25.7 Å². The Bertz CT molecular complexity index is 571. The maximum absolute atomic E-state index is 11.7. The van der Waals surface area contributed by atoms with Gasteiger partial charge in [-0.1, -0.05) is 6.92 Å². The maximum atomic E-state index is 11.7. The van der Waals surface area contributed by atoms with Crippen LogP contribution in [0.2, 0.25) is 0 Å². The third-order valence-electron chi connectivity index (χ3n) is 3.57. The maximum Gasteiger partial charge on any atom is 0.330 e. The predicted molar refractivity (Wildman–Crippen MR) is 73.3 cm³/mol. The normalized spacial score (nSPS) is 16.9. The zero-order chi connectivity index (χ0) is 14.0. The lowest BCUT2D eigenvalue weighted by Gasteiger charge is -2.36. The molecule has 1 saturated carbocycles. The standard InChI is InChI=1S/C12H20N4O3/c1-2-6-16-9(13)8(10(17)15-11(16)18)14-7-12(19)4-3-5-12/h14,19H,2-7,13H2,1H3,(H,15,17,18). The molecule has 7 heteroatoms. The summed E-state index contributed by atoms with van der Waals surface area (Å²) in [5.74, 6) is 0.124. The summed E-state index contributed by atoms with van der Waals surface area (Å²) in [5.41, 5.74) is 4.21. The van der Waals surface area contributed by atoms with Gasteiger partial charge in [0, 0.05) is 13.1 Å². The number of hydrogen-bond acceptors (Lipinski definition) is 5. The van der Waals surface area contributed by atoms with Crippen LogP contribution in [0.3, 0.4) is 0 Å². The molecule has 5 N–H and O–H groups in total. The lowest BCUT2D eigenvalue weighted by atomic mass is 9.80. The van der Waals surface area contributed by atoms with Gasteiger partial charge in [-0.25, -0.2) is 4.79 Å². The first-order valence-electron chi connectivity index (χ1n) is 6.56. The van der Waals surface area contributed by atoms with Crippen molar-refractivity contribution in [3.05, 3.63) is 20.8 Å². The van der Waals surface area contributed by atoms with Crippen LogP contribution in [-0.2, 0) is 6.54 Å². The van der Waals surface area contributed by atoms with Gasteiger partial charge in [-0.3, -0.25) is 14.3 Å². The summed E-state index contributed by atoms with van der Waals surface area (Å²) in [6, 6.07) is 0. The Kier molecular flexibility index (Phi) is 3.66. The largest absolute Gasteiger partial charge is 0.388 e. The fourth-order valence-electron chi connectivity index (χ4n) is 2.22. The lowest BCUT2D eigenvalue weighted by Crippen LogP contribution is -2.44. The van der Waals surface area contributed by atoms with E-state index in [-0.39, 0.29) is 18.1 Å². The van der Waals surface area contributed by atoms with Crippen molar-refractivity contribution in [1.82, 2.24) is 9.55 Å². The first-order valence-corrected chi connectivity index (χ1v) is 6.56. The van der Waals surface area contributed by atoms with Crippen molar-refractivity contribution in [2.24, 2.45) is 0 Å². The average Bonchev–Trinajstić information content (AvgIpc) is 2.32. The SMILES string of the molecule is CCCn1c(N)c(NCC2(O)CCC2)c(=O)[nH]c1=O. The first kappa shape index (κ1) is 13.7. The number of nitrogen functional groups attached to an aromatic ring is 1. The highest BCUT2D eigenvalue weighted by Crippen LogP contribution is 2.31. The summed E-state index contributed by atoms with van der Waals surface area (Å²) < 4.78 is 1.33. The molecule has 0 bridgehead atoms. The lowest BCUT2D eigenvalue weighted by molar-refractivity contribution is -0.0202. The molecule has 0 spiro atoms. The summed E-state index contributed by atoms with van der Waals surface area (Å²) in [4.78, 5) is 25.6. The van der Waals surface area contributed by atoms with Crippen LogP contribution in [-0.4, -0.2) is 26.8 Å². The molecule has 0 amide bonds. The zero-order valence-electron chi connectivity index (χ0n) is 11.0. The monoisotopic (exact) mass is 268 g/mol.